The van der Waals surface area contributed by atoms with Crippen molar-refractivity contribution in [2.75, 3.05) is 11.5 Å². The van der Waals surface area contributed by atoms with Crippen molar-refractivity contribution in [1.29, 1.82) is 0 Å². The first-order valence-corrected chi connectivity index (χ1v) is 7.91. The number of phenols is 1. The number of phenolic OH excluding ortho intramolecular Hbond substituents is 1. The fourth-order valence-corrected chi connectivity index (χ4v) is 3.06. The smallest absolute Gasteiger partial charge is 0.342 e. The predicted octanol–water partition coefficient (Wildman–Crippen LogP) is 3.18. The molecule has 24 heavy (non-hydrogen) atoms. The Kier molecular flexibility index (Phi) is 4.44. The molecule has 2 aromatic rings. The zero-order chi connectivity index (χ0) is 17.3. The summed E-state index contributed by atoms with van der Waals surface area (Å²) < 4.78 is 5.05. The normalized spacial score (nSPS) is 15.9. The highest BCUT2D eigenvalue weighted by Gasteiger charge is 2.31. The minimum absolute atomic E-state index is 0.00757. The largest absolute Gasteiger partial charge is 0.507 e. The van der Waals surface area contributed by atoms with E-state index in [4.69, 9.17) is 16.3 Å². The third kappa shape index (κ3) is 3.08. The molecule has 0 bridgehead atoms. The number of benzene rings is 2. The Bertz CT molecular complexity index is 805. The van der Waals surface area contributed by atoms with E-state index in [-0.39, 0.29) is 23.3 Å². The highest BCUT2D eigenvalue weighted by molar-refractivity contribution is 6.31. The van der Waals surface area contributed by atoms with Gasteiger partial charge in [0, 0.05) is 16.8 Å². The van der Waals surface area contributed by atoms with Crippen LogP contribution in [0.4, 0.5) is 5.69 Å². The number of hydrogen-bond donors (Lipinski definition) is 1. The van der Waals surface area contributed by atoms with Gasteiger partial charge in [0.25, 0.3) is 5.91 Å². The number of para-hydroxylation sites is 1. The Labute approximate surface area is 144 Å². The van der Waals surface area contributed by atoms with Gasteiger partial charge in [-0.3, -0.25) is 4.79 Å². The van der Waals surface area contributed by atoms with Gasteiger partial charge in [0.15, 0.2) is 6.61 Å². The van der Waals surface area contributed by atoms with Crippen LogP contribution in [0.15, 0.2) is 42.5 Å². The molecule has 1 N–H and O–H groups in total. The molecule has 0 spiro atoms. The molecule has 1 heterocycles. The highest BCUT2D eigenvalue weighted by Crippen LogP contribution is 2.31. The Morgan fingerprint density at radius 3 is 2.83 bits per heavy atom. The Morgan fingerprint density at radius 2 is 2.04 bits per heavy atom. The molecule has 1 atom stereocenters. The second-order valence-corrected chi connectivity index (χ2v) is 6.12. The van der Waals surface area contributed by atoms with E-state index in [1.165, 1.54) is 18.2 Å². The molecule has 0 radical (unpaired) electrons. The van der Waals surface area contributed by atoms with Crippen molar-refractivity contribution in [3.05, 3.63) is 58.6 Å². The topological polar surface area (TPSA) is 66.8 Å². The van der Waals surface area contributed by atoms with Crippen molar-refractivity contribution in [3.8, 4) is 5.75 Å². The van der Waals surface area contributed by atoms with E-state index in [1.54, 1.807) is 4.90 Å². The molecule has 1 unspecified atom stereocenters. The van der Waals surface area contributed by atoms with Gasteiger partial charge in [-0.05, 0) is 43.2 Å². The maximum absolute atomic E-state index is 12.5. The maximum Gasteiger partial charge on any atom is 0.342 e. The standard InChI is InChI=1S/C18H16ClNO4/c1-11-8-12-4-2-3-5-15(12)20(11)17(22)10-24-18(23)14-9-13(19)6-7-16(14)21/h2-7,9,11,21H,8,10H2,1H3. The minimum Gasteiger partial charge on any atom is -0.507 e. The third-order valence-corrected chi connectivity index (χ3v) is 4.22. The number of anilines is 1. The monoisotopic (exact) mass is 345 g/mol. The van der Waals surface area contributed by atoms with Crippen LogP contribution in [0.3, 0.4) is 0 Å². The Hall–Kier alpha value is -2.53. The first-order chi connectivity index (χ1) is 11.5. The van der Waals surface area contributed by atoms with Crippen LogP contribution in [0.5, 0.6) is 5.75 Å². The summed E-state index contributed by atoms with van der Waals surface area (Å²) >= 11 is 5.81. The van der Waals surface area contributed by atoms with Gasteiger partial charge in [0.05, 0.1) is 0 Å². The first kappa shape index (κ1) is 16.3. The van der Waals surface area contributed by atoms with E-state index < -0.39 is 12.6 Å². The average molecular weight is 346 g/mol. The first-order valence-electron chi connectivity index (χ1n) is 7.53. The van der Waals surface area contributed by atoms with E-state index >= 15 is 0 Å². The molecule has 6 heteroatoms. The van der Waals surface area contributed by atoms with Crippen LogP contribution >= 0.6 is 11.6 Å². The number of rotatable bonds is 3. The van der Waals surface area contributed by atoms with Crippen LogP contribution in [0.25, 0.3) is 0 Å². The molecule has 1 aliphatic heterocycles. The van der Waals surface area contributed by atoms with Crippen LogP contribution < -0.4 is 4.90 Å². The molecule has 2 aromatic carbocycles. The number of amides is 1. The number of fused-ring (bicyclic) bond motifs is 1. The van der Waals surface area contributed by atoms with E-state index in [0.717, 1.165) is 17.7 Å². The quantitative estimate of drug-likeness (QED) is 0.868. The summed E-state index contributed by atoms with van der Waals surface area (Å²) in [5.41, 5.74) is 1.87. The third-order valence-electron chi connectivity index (χ3n) is 3.98. The molecule has 0 saturated heterocycles. The Morgan fingerprint density at radius 1 is 1.29 bits per heavy atom. The molecule has 3 rings (SSSR count). The summed E-state index contributed by atoms with van der Waals surface area (Å²) in [5.74, 6) is -1.33. The van der Waals surface area contributed by atoms with Gasteiger partial charge in [-0.1, -0.05) is 29.8 Å². The fraction of sp³-hybridized carbons (Fsp3) is 0.222. The number of carbonyl (C=O) groups is 2. The predicted molar refractivity (Wildman–Crippen MR) is 90.5 cm³/mol. The van der Waals surface area contributed by atoms with Crippen LogP contribution in [0, 0.1) is 0 Å². The van der Waals surface area contributed by atoms with Crippen LogP contribution in [0.1, 0.15) is 22.8 Å². The van der Waals surface area contributed by atoms with Crippen molar-refractivity contribution >= 4 is 29.2 Å². The van der Waals surface area contributed by atoms with Crippen LogP contribution in [0.2, 0.25) is 5.02 Å². The lowest BCUT2D eigenvalue weighted by molar-refractivity contribution is -0.122. The summed E-state index contributed by atoms with van der Waals surface area (Å²) in [4.78, 5) is 26.2. The fourth-order valence-electron chi connectivity index (χ4n) is 2.89. The molecule has 124 valence electrons. The lowest BCUT2D eigenvalue weighted by Crippen LogP contribution is -2.38. The average Bonchev–Trinajstić information content (AvgIpc) is 2.90. The Balaban J connectivity index is 1.70. The molecular formula is C18H16ClNO4. The summed E-state index contributed by atoms with van der Waals surface area (Å²) in [5, 5.41) is 10.00. The van der Waals surface area contributed by atoms with Crippen molar-refractivity contribution < 1.29 is 19.4 Å². The zero-order valence-corrected chi connectivity index (χ0v) is 13.8. The van der Waals surface area contributed by atoms with Crippen molar-refractivity contribution in [2.24, 2.45) is 0 Å². The number of esters is 1. The molecule has 5 nitrogen and oxygen atoms in total. The second kappa shape index (κ2) is 6.53. The number of halogens is 1. The van der Waals surface area contributed by atoms with Crippen molar-refractivity contribution in [1.82, 2.24) is 0 Å². The summed E-state index contributed by atoms with van der Waals surface area (Å²) in [6.45, 7) is 1.55. The zero-order valence-electron chi connectivity index (χ0n) is 13.0. The van der Waals surface area contributed by atoms with Crippen molar-refractivity contribution in [2.45, 2.75) is 19.4 Å². The van der Waals surface area contributed by atoms with Crippen molar-refractivity contribution in [3.63, 3.8) is 0 Å². The summed E-state index contributed by atoms with van der Waals surface area (Å²) in [6, 6.07) is 11.7. The molecule has 1 amide bonds. The van der Waals surface area contributed by atoms with E-state index in [0.29, 0.717) is 5.02 Å². The summed E-state index contributed by atoms with van der Waals surface area (Å²) in [7, 11) is 0. The molecule has 1 aliphatic rings. The lowest BCUT2D eigenvalue weighted by Gasteiger charge is -2.22. The van der Waals surface area contributed by atoms with Crippen LogP contribution in [-0.2, 0) is 16.0 Å². The SMILES string of the molecule is CC1Cc2ccccc2N1C(=O)COC(=O)c1cc(Cl)ccc1O. The maximum atomic E-state index is 12.5. The van der Waals surface area contributed by atoms with Gasteiger partial charge in [-0.25, -0.2) is 4.79 Å². The number of nitrogens with zero attached hydrogens (tertiary/aromatic N) is 1. The number of aromatic hydroxyl groups is 1. The minimum atomic E-state index is -0.788. The summed E-state index contributed by atoms with van der Waals surface area (Å²) in [6.07, 6.45) is 0.769. The number of ether oxygens (including phenoxy) is 1. The van der Waals surface area contributed by atoms with E-state index in [2.05, 4.69) is 0 Å². The van der Waals surface area contributed by atoms with Gasteiger partial charge in [-0.15, -0.1) is 0 Å². The molecular weight excluding hydrogens is 330 g/mol. The second-order valence-electron chi connectivity index (χ2n) is 5.68. The van der Waals surface area contributed by atoms with Gasteiger partial charge in [0.2, 0.25) is 0 Å². The van der Waals surface area contributed by atoms with Gasteiger partial charge < -0.3 is 14.7 Å². The van der Waals surface area contributed by atoms with E-state index in [9.17, 15) is 14.7 Å². The lowest BCUT2D eigenvalue weighted by atomic mass is 10.1. The number of hydrogen-bond acceptors (Lipinski definition) is 4. The molecule has 0 fully saturated rings. The molecule has 0 aromatic heterocycles. The van der Waals surface area contributed by atoms with Gasteiger partial charge >= 0.3 is 5.97 Å². The number of carbonyl (C=O) groups excluding carboxylic acids is 2. The van der Waals surface area contributed by atoms with Gasteiger partial charge in [-0.2, -0.15) is 0 Å². The highest BCUT2D eigenvalue weighted by atomic mass is 35.5. The molecule has 0 saturated carbocycles. The van der Waals surface area contributed by atoms with Gasteiger partial charge in [0.1, 0.15) is 11.3 Å². The molecule has 0 aliphatic carbocycles. The van der Waals surface area contributed by atoms with E-state index in [1.807, 2.05) is 31.2 Å². The van der Waals surface area contributed by atoms with Crippen LogP contribution in [-0.4, -0.2) is 29.6 Å².